The van der Waals surface area contributed by atoms with E-state index >= 15 is 0 Å². The van der Waals surface area contributed by atoms with Crippen molar-refractivity contribution in [2.75, 3.05) is 0 Å². The first-order valence-corrected chi connectivity index (χ1v) is 6.58. The van der Waals surface area contributed by atoms with Gasteiger partial charge in [0, 0.05) is 17.3 Å². The van der Waals surface area contributed by atoms with E-state index in [1.165, 1.54) is 24.3 Å². The Morgan fingerprint density at radius 1 is 1.04 bits per heavy atom. The van der Waals surface area contributed by atoms with E-state index in [9.17, 15) is 17.6 Å². The summed E-state index contributed by atoms with van der Waals surface area (Å²) in [5.41, 5.74) is 14.9. The normalized spacial score (nSPS) is 12.5. The van der Waals surface area contributed by atoms with E-state index in [2.05, 4.69) is 9.98 Å². The Labute approximate surface area is 134 Å². The molecule has 1 aromatic heterocycles. The van der Waals surface area contributed by atoms with Crippen LogP contribution in [0.2, 0.25) is 0 Å². The van der Waals surface area contributed by atoms with Crippen LogP contribution in [-0.4, -0.2) is 10.9 Å². The topological polar surface area (TPSA) is 103 Å². The molecule has 6 N–H and O–H groups in total. The summed E-state index contributed by atoms with van der Waals surface area (Å²) in [5, 5.41) is 0. The Bertz CT molecular complexity index is 808. The molecule has 9 heteroatoms. The molecule has 0 bridgehead atoms. The lowest BCUT2D eigenvalue weighted by Gasteiger charge is -2.12. The van der Waals surface area contributed by atoms with Crippen LogP contribution in [0.5, 0.6) is 0 Å². The van der Waals surface area contributed by atoms with Crippen molar-refractivity contribution >= 4 is 17.4 Å². The molecule has 2 rings (SSSR count). The highest BCUT2D eigenvalue weighted by atomic mass is 19.4. The van der Waals surface area contributed by atoms with Crippen LogP contribution in [0.1, 0.15) is 16.8 Å². The zero-order chi connectivity index (χ0) is 17.9. The number of hydrogen-bond donors (Lipinski definition) is 3. The van der Waals surface area contributed by atoms with Crippen LogP contribution in [0.3, 0.4) is 0 Å². The summed E-state index contributed by atoms with van der Waals surface area (Å²) in [6, 6.07) is 7.44. The molecule has 126 valence electrons. The number of alkyl halides is 3. The van der Waals surface area contributed by atoms with Crippen molar-refractivity contribution in [2.24, 2.45) is 22.2 Å². The lowest BCUT2D eigenvalue weighted by Crippen LogP contribution is -2.23. The maximum Gasteiger partial charge on any atom is 0.433 e. The van der Waals surface area contributed by atoms with E-state index in [0.717, 1.165) is 18.3 Å². The highest BCUT2D eigenvalue weighted by molar-refractivity contribution is 5.94. The van der Waals surface area contributed by atoms with Crippen molar-refractivity contribution < 1.29 is 17.6 Å². The van der Waals surface area contributed by atoms with Crippen molar-refractivity contribution in [3.8, 4) is 0 Å². The third-order valence-electron chi connectivity index (χ3n) is 2.99. The van der Waals surface area contributed by atoms with Gasteiger partial charge in [-0.2, -0.15) is 13.2 Å². The molecule has 1 aromatic carbocycles. The molecule has 2 aromatic rings. The summed E-state index contributed by atoms with van der Waals surface area (Å²) < 4.78 is 52.3. The second kappa shape index (κ2) is 6.57. The number of pyridine rings is 1. The fourth-order valence-corrected chi connectivity index (χ4v) is 1.94. The smallest absolute Gasteiger partial charge is 0.396 e. The van der Waals surface area contributed by atoms with E-state index in [1.807, 2.05) is 0 Å². The van der Waals surface area contributed by atoms with E-state index < -0.39 is 23.6 Å². The van der Waals surface area contributed by atoms with Gasteiger partial charge in [-0.25, -0.2) is 9.38 Å². The van der Waals surface area contributed by atoms with Gasteiger partial charge in [0.2, 0.25) is 0 Å². The zero-order valence-electron chi connectivity index (χ0n) is 12.2. The molecule has 0 atom stereocenters. The van der Waals surface area contributed by atoms with Crippen LogP contribution in [-0.2, 0) is 6.18 Å². The van der Waals surface area contributed by atoms with Crippen LogP contribution < -0.4 is 17.2 Å². The van der Waals surface area contributed by atoms with Crippen molar-refractivity contribution in [1.29, 1.82) is 0 Å². The lowest BCUT2D eigenvalue weighted by atomic mass is 10.1. The van der Waals surface area contributed by atoms with E-state index in [-0.39, 0.29) is 22.5 Å². The van der Waals surface area contributed by atoms with Crippen molar-refractivity contribution in [3.05, 3.63) is 65.2 Å². The maximum atomic E-state index is 14.0. The molecule has 0 aliphatic rings. The van der Waals surface area contributed by atoms with Crippen LogP contribution in [0.15, 0.2) is 47.6 Å². The molecule has 0 radical (unpaired) electrons. The summed E-state index contributed by atoms with van der Waals surface area (Å²) in [6.07, 6.45) is -3.70. The highest BCUT2D eigenvalue weighted by Crippen LogP contribution is 2.31. The number of hydrogen-bond acceptors (Lipinski definition) is 3. The van der Waals surface area contributed by atoms with Crippen molar-refractivity contribution in [2.45, 2.75) is 6.18 Å². The Kier molecular flexibility index (Phi) is 4.72. The molecular formula is C15H13F4N5. The fraction of sp³-hybridized carbons (Fsp3) is 0.0667. The molecule has 0 fully saturated rings. The van der Waals surface area contributed by atoms with Crippen LogP contribution >= 0.6 is 0 Å². The van der Waals surface area contributed by atoms with Crippen LogP contribution in [0, 0.1) is 5.82 Å². The Morgan fingerprint density at radius 2 is 1.71 bits per heavy atom. The predicted octanol–water partition coefficient (Wildman–Crippen LogP) is 2.30. The first-order chi connectivity index (χ1) is 11.2. The SMILES string of the molecule is NC(N)=N/C(=C(\N)c1ccnc(C(F)(F)F)c1)c1ccccc1F. The monoisotopic (exact) mass is 339 g/mol. The van der Waals surface area contributed by atoms with Gasteiger partial charge in [0.25, 0.3) is 0 Å². The van der Waals surface area contributed by atoms with Crippen LogP contribution in [0.4, 0.5) is 17.6 Å². The molecular weight excluding hydrogens is 326 g/mol. The van der Waals surface area contributed by atoms with E-state index in [1.54, 1.807) is 0 Å². The molecule has 1 heterocycles. The second-order valence-electron chi connectivity index (χ2n) is 4.71. The number of nitrogens with zero attached hydrogens (tertiary/aromatic N) is 2. The number of benzene rings is 1. The summed E-state index contributed by atoms with van der Waals surface area (Å²) in [4.78, 5) is 7.00. The standard InChI is InChI=1S/C15H13F4N5/c16-10-4-2-1-3-9(10)13(24-14(21)22)12(20)8-5-6-23-11(7-8)15(17,18)19/h1-7H,20H2,(H4,21,22,24)/b13-12-. The van der Waals surface area contributed by atoms with Gasteiger partial charge in [-0.3, -0.25) is 4.98 Å². The number of nitrogens with two attached hydrogens (primary N) is 3. The summed E-state index contributed by atoms with van der Waals surface area (Å²) >= 11 is 0. The second-order valence-corrected chi connectivity index (χ2v) is 4.71. The van der Waals surface area contributed by atoms with Gasteiger partial charge < -0.3 is 17.2 Å². The zero-order valence-corrected chi connectivity index (χ0v) is 12.2. The first kappa shape index (κ1) is 17.3. The maximum absolute atomic E-state index is 14.0. The number of aliphatic imine (C=N–C) groups is 1. The van der Waals surface area contributed by atoms with Gasteiger partial charge in [-0.15, -0.1) is 0 Å². The minimum atomic E-state index is -4.65. The molecule has 5 nitrogen and oxygen atoms in total. The molecule has 0 spiro atoms. The average Bonchev–Trinajstić information content (AvgIpc) is 2.52. The third kappa shape index (κ3) is 3.80. The predicted molar refractivity (Wildman–Crippen MR) is 82.5 cm³/mol. The van der Waals surface area contributed by atoms with Gasteiger partial charge in [0.15, 0.2) is 5.96 Å². The van der Waals surface area contributed by atoms with Gasteiger partial charge in [-0.05, 0) is 24.3 Å². The molecule has 0 aliphatic carbocycles. The van der Waals surface area contributed by atoms with Gasteiger partial charge in [0.05, 0.1) is 5.70 Å². The first-order valence-electron chi connectivity index (χ1n) is 6.58. The summed E-state index contributed by atoms with van der Waals surface area (Å²) in [5.74, 6) is -1.09. The van der Waals surface area contributed by atoms with Gasteiger partial charge in [-0.1, -0.05) is 12.1 Å². The molecule has 0 saturated heterocycles. The molecule has 0 amide bonds. The number of rotatable bonds is 3. The summed E-state index contributed by atoms with van der Waals surface area (Å²) in [7, 11) is 0. The molecule has 0 unspecified atom stereocenters. The molecule has 0 saturated carbocycles. The lowest BCUT2D eigenvalue weighted by molar-refractivity contribution is -0.141. The van der Waals surface area contributed by atoms with Crippen molar-refractivity contribution in [1.82, 2.24) is 4.98 Å². The molecule has 0 aliphatic heterocycles. The van der Waals surface area contributed by atoms with E-state index in [0.29, 0.717) is 0 Å². The Morgan fingerprint density at radius 3 is 2.29 bits per heavy atom. The Balaban J connectivity index is 2.68. The minimum absolute atomic E-state index is 0.0411. The van der Waals surface area contributed by atoms with Crippen LogP contribution in [0.25, 0.3) is 11.4 Å². The largest absolute Gasteiger partial charge is 0.433 e. The fourth-order valence-electron chi connectivity index (χ4n) is 1.94. The van der Waals surface area contributed by atoms with Crippen molar-refractivity contribution in [3.63, 3.8) is 0 Å². The minimum Gasteiger partial charge on any atom is -0.396 e. The summed E-state index contributed by atoms with van der Waals surface area (Å²) in [6.45, 7) is 0. The highest BCUT2D eigenvalue weighted by Gasteiger charge is 2.32. The average molecular weight is 339 g/mol. The number of halogens is 4. The third-order valence-corrected chi connectivity index (χ3v) is 2.99. The van der Waals surface area contributed by atoms with Gasteiger partial charge in [0.1, 0.15) is 17.2 Å². The molecule has 24 heavy (non-hydrogen) atoms. The number of guanidine groups is 1. The van der Waals surface area contributed by atoms with Gasteiger partial charge >= 0.3 is 6.18 Å². The Hall–Kier alpha value is -3.10. The number of aromatic nitrogens is 1. The van der Waals surface area contributed by atoms with E-state index in [4.69, 9.17) is 17.2 Å². The quantitative estimate of drug-likeness (QED) is 0.453.